The monoisotopic (exact) mass is 343 g/mol. The largest absolute Gasteiger partial charge is 0.444 e. The van der Waals surface area contributed by atoms with Crippen LogP contribution in [-0.4, -0.2) is 46.6 Å². The summed E-state index contributed by atoms with van der Waals surface area (Å²) < 4.78 is 5.39. The van der Waals surface area contributed by atoms with Crippen LogP contribution in [0.5, 0.6) is 0 Å². The van der Waals surface area contributed by atoms with Crippen molar-refractivity contribution in [1.82, 2.24) is 15.2 Å². The molecule has 3 rings (SSSR count). The van der Waals surface area contributed by atoms with Gasteiger partial charge in [-0.05, 0) is 45.7 Å². The molecule has 0 aliphatic carbocycles. The van der Waals surface area contributed by atoms with Gasteiger partial charge >= 0.3 is 6.09 Å². The van der Waals surface area contributed by atoms with E-state index in [4.69, 9.17) is 4.74 Å². The summed E-state index contributed by atoms with van der Waals surface area (Å²) in [5, 5.41) is 4.08. The van der Waals surface area contributed by atoms with Crippen LogP contribution in [0.15, 0.2) is 30.3 Å². The Morgan fingerprint density at radius 3 is 2.52 bits per heavy atom. The number of fused-ring (bicyclic) bond motifs is 1. The Morgan fingerprint density at radius 1 is 1.20 bits per heavy atom. The molecule has 2 aromatic rings. The maximum absolute atomic E-state index is 12.4. The highest BCUT2D eigenvalue weighted by Crippen LogP contribution is 2.17. The molecule has 6 nitrogen and oxygen atoms in total. The van der Waals surface area contributed by atoms with Crippen molar-refractivity contribution in [2.75, 3.05) is 13.1 Å². The van der Waals surface area contributed by atoms with E-state index in [2.05, 4.69) is 10.3 Å². The van der Waals surface area contributed by atoms with Gasteiger partial charge in [-0.3, -0.25) is 4.79 Å². The maximum Gasteiger partial charge on any atom is 0.410 e. The maximum atomic E-state index is 12.4. The molecular formula is C19H25N3O3. The van der Waals surface area contributed by atoms with Crippen LogP contribution in [0.4, 0.5) is 4.79 Å². The average Bonchev–Trinajstić information content (AvgIpc) is 2.98. The van der Waals surface area contributed by atoms with E-state index in [9.17, 15) is 9.59 Å². The molecule has 0 radical (unpaired) electrons. The second kappa shape index (κ2) is 6.78. The second-order valence-electron chi connectivity index (χ2n) is 7.49. The predicted molar refractivity (Wildman–Crippen MR) is 96.6 cm³/mol. The molecule has 1 aromatic carbocycles. The number of carbonyl (C=O) groups is 2. The number of nitrogens with one attached hydrogen (secondary N) is 2. The minimum Gasteiger partial charge on any atom is -0.444 e. The smallest absolute Gasteiger partial charge is 0.410 e. The molecule has 0 spiro atoms. The van der Waals surface area contributed by atoms with Crippen LogP contribution < -0.4 is 5.32 Å². The number of piperidine rings is 1. The lowest BCUT2D eigenvalue weighted by Crippen LogP contribution is -2.47. The summed E-state index contributed by atoms with van der Waals surface area (Å²) in [6, 6.07) is 9.74. The first-order valence-corrected chi connectivity index (χ1v) is 8.68. The van der Waals surface area contributed by atoms with Gasteiger partial charge in [-0.15, -0.1) is 0 Å². The minimum absolute atomic E-state index is 0.0672. The summed E-state index contributed by atoms with van der Waals surface area (Å²) in [6.07, 6.45) is 1.17. The van der Waals surface area contributed by atoms with Crippen molar-refractivity contribution in [2.45, 2.75) is 45.3 Å². The number of hydrogen-bond acceptors (Lipinski definition) is 3. The van der Waals surface area contributed by atoms with Gasteiger partial charge in [0.1, 0.15) is 11.3 Å². The first-order chi connectivity index (χ1) is 11.8. The number of rotatable bonds is 2. The molecule has 1 fully saturated rings. The van der Waals surface area contributed by atoms with Gasteiger partial charge in [0, 0.05) is 30.0 Å². The van der Waals surface area contributed by atoms with Crippen molar-refractivity contribution in [2.24, 2.45) is 0 Å². The van der Waals surface area contributed by atoms with Gasteiger partial charge in [-0.1, -0.05) is 18.2 Å². The molecule has 25 heavy (non-hydrogen) atoms. The van der Waals surface area contributed by atoms with Crippen molar-refractivity contribution in [3.8, 4) is 0 Å². The molecule has 0 unspecified atom stereocenters. The van der Waals surface area contributed by atoms with E-state index in [0.717, 1.165) is 23.7 Å². The summed E-state index contributed by atoms with van der Waals surface area (Å²) in [5.74, 6) is -0.105. The molecule has 0 saturated carbocycles. The topological polar surface area (TPSA) is 74.4 Å². The number of H-pyrrole nitrogens is 1. The number of para-hydroxylation sites is 1. The van der Waals surface area contributed by atoms with E-state index < -0.39 is 5.60 Å². The fraction of sp³-hybridized carbons (Fsp3) is 0.474. The fourth-order valence-electron chi connectivity index (χ4n) is 2.99. The number of carbonyl (C=O) groups excluding carboxylic acids is 2. The summed E-state index contributed by atoms with van der Waals surface area (Å²) in [4.78, 5) is 29.4. The summed E-state index contributed by atoms with van der Waals surface area (Å²) in [7, 11) is 0. The molecule has 134 valence electrons. The van der Waals surface area contributed by atoms with Crippen LogP contribution in [0.1, 0.15) is 44.1 Å². The van der Waals surface area contributed by atoms with E-state index in [1.54, 1.807) is 4.90 Å². The fourth-order valence-corrected chi connectivity index (χ4v) is 2.99. The lowest BCUT2D eigenvalue weighted by molar-refractivity contribution is 0.0199. The number of benzene rings is 1. The van der Waals surface area contributed by atoms with Crippen molar-refractivity contribution >= 4 is 22.9 Å². The third-order valence-corrected chi connectivity index (χ3v) is 4.26. The SMILES string of the molecule is CC(C)(C)OC(=O)N1CCC(NC(=O)c2cc3ccccc3[nH]2)CC1. The third-order valence-electron chi connectivity index (χ3n) is 4.26. The number of aromatic nitrogens is 1. The molecule has 0 atom stereocenters. The van der Waals surface area contributed by atoms with Crippen LogP contribution in [0.25, 0.3) is 10.9 Å². The summed E-state index contributed by atoms with van der Waals surface area (Å²) in [5.41, 5.74) is 1.03. The van der Waals surface area contributed by atoms with Crippen molar-refractivity contribution in [3.63, 3.8) is 0 Å². The first kappa shape index (κ1) is 17.3. The Morgan fingerprint density at radius 2 is 1.88 bits per heavy atom. The molecule has 2 N–H and O–H groups in total. The van der Waals surface area contributed by atoms with Gasteiger partial charge in [0.05, 0.1) is 0 Å². The minimum atomic E-state index is -0.488. The molecule has 2 amide bonds. The van der Waals surface area contributed by atoms with Gasteiger partial charge in [-0.25, -0.2) is 4.79 Å². The number of likely N-dealkylation sites (tertiary alicyclic amines) is 1. The number of ether oxygens (including phenoxy) is 1. The highest BCUT2D eigenvalue weighted by Gasteiger charge is 2.27. The molecule has 1 aromatic heterocycles. The Bertz CT molecular complexity index is 735. The van der Waals surface area contributed by atoms with Crippen molar-refractivity contribution in [3.05, 3.63) is 36.0 Å². The normalized spacial score (nSPS) is 16.0. The summed E-state index contributed by atoms with van der Waals surface area (Å²) in [6.45, 7) is 6.76. The van der Waals surface area contributed by atoms with Gasteiger partial charge < -0.3 is 19.9 Å². The quantitative estimate of drug-likeness (QED) is 0.878. The van der Waals surface area contributed by atoms with Crippen LogP contribution in [0.2, 0.25) is 0 Å². The van der Waals surface area contributed by atoms with Crippen LogP contribution in [-0.2, 0) is 4.74 Å². The Balaban J connectivity index is 1.53. The molecule has 0 bridgehead atoms. The van der Waals surface area contributed by atoms with E-state index >= 15 is 0 Å². The highest BCUT2D eigenvalue weighted by molar-refractivity contribution is 5.98. The van der Waals surface area contributed by atoms with Gasteiger partial charge in [-0.2, -0.15) is 0 Å². The Hall–Kier alpha value is -2.50. The van der Waals surface area contributed by atoms with Crippen molar-refractivity contribution < 1.29 is 14.3 Å². The van der Waals surface area contributed by atoms with E-state index in [-0.39, 0.29) is 18.0 Å². The lowest BCUT2D eigenvalue weighted by Gasteiger charge is -2.33. The van der Waals surface area contributed by atoms with E-state index in [1.165, 1.54) is 0 Å². The second-order valence-corrected chi connectivity index (χ2v) is 7.49. The zero-order valence-corrected chi connectivity index (χ0v) is 15.0. The molecular weight excluding hydrogens is 318 g/mol. The third kappa shape index (κ3) is 4.32. The molecule has 6 heteroatoms. The number of nitrogens with zero attached hydrogens (tertiary/aromatic N) is 1. The van der Waals surface area contributed by atoms with E-state index in [1.807, 2.05) is 51.1 Å². The summed E-state index contributed by atoms with van der Waals surface area (Å²) >= 11 is 0. The van der Waals surface area contributed by atoms with E-state index in [0.29, 0.717) is 18.8 Å². The molecule has 1 saturated heterocycles. The van der Waals surface area contributed by atoms with Crippen LogP contribution in [0.3, 0.4) is 0 Å². The molecule has 2 heterocycles. The van der Waals surface area contributed by atoms with Gasteiger partial charge in [0.25, 0.3) is 5.91 Å². The van der Waals surface area contributed by atoms with Crippen LogP contribution >= 0.6 is 0 Å². The number of aromatic amines is 1. The molecule has 1 aliphatic rings. The Labute approximate surface area is 147 Å². The lowest BCUT2D eigenvalue weighted by atomic mass is 10.1. The zero-order chi connectivity index (χ0) is 18.0. The Kier molecular flexibility index (Phi) is 4.70. The van der Waals surface area contributed by atoms with Crippen LogP contribution in [0, 0.1) is 0 Å². The molecule has 1 aliphatic heterocycles. The highest BCUT2D eigenvalue weighted by atomic mass is 16.6. The number of amides is 2. The van der Waals surface area contributed by atoms with Gasteiger partial charge in [0.2, 0.25) is 0 Å². The van der Waals surface area contributed by atoms with Gasteiger partial charge in [0.15, 0.2) is 0 Å². The zero-order valence-electron chi connectivity index (χ0n) is 15.0. The number of hydrogen-bond donors (Lipinski definition) is 2. The standard InChI is InChI=1S/C19H25N3O3/c1-19(2,3)25-18(24)22-10-8-14(9-11-22)20-17(23)16-12-13-6-4-5-7-15(13)21-16/h4-7,12,14,21H,8-11H2,1-3H3,(H,20,23). The van der Waals surface area contributed by atoms with Crippen molar-refractivity contribution in [1.29, 1.82) is 0 Å². The first-order valence-electron chi connectivity index (χ1n) is 8.68. The predicted octanol–water partition coefficient (Wildman–Crippen LogP) is 3.30. The average molecular weight is 343 g/mol.